The first-order valence-electron chi connectivity index (χ1n) is 9.34. The number of ether oxygens (including phenoxy) is 2. The highest BCUT2D eigenvalue weighted by Crippen LogP contribution is 2.31. The molecule has 5 rings (SSSR count). The second kappa shape index (κ2) is 7.44. The van der Waals surface area contributed by atoms with Gasteiger partial charge >= 0.3 is 0 Å². The van der Waals surface area contributed by atoms with Crippen molar-refractivity contribution in [1.82, 2.24) is 30.1 Å². The van der Waals surface area contributed by atoms with Crippen molar-refractivity contribution in [2.75, 3.05) is 6.61 Å². The van der Waals surface area contributed by atoms with Gasteiger partial charge < -0.3 is 14.0 Å². The zero-order chi connectivity index (χ0) is 19.6. The minimum atomic E-state index is -0.112. The summed E-state index contributed by atoms with van der Waals surface area (Å²) in [5.74, 6) is 1.55. The number of hydrogen-bond donors (Lipinski definition) is 0. The van der Waals surface area contributed by atoms with Gasteiger partial charge in [0.1, 0.15) is 17.5 Å². The van der Waals surface area contributed by atoms with Crippen LogP contribution in [0.25, 0.3) is 23.1 Å². The minimum absolute atomic E-state index is 0.112. The lowest BCUT2D eigenvalue weighted by Gasteiger charge is -2.24. The van der Waals surface area contributed by atoms with Gasteiger partial charge in [0.25, 0.3) is 5.89 Å². The molecular weight excluding hydrogens is 372 g/mol. The molecule has 3 aromatic heterocycles. The summed E-state index contributed by atoms with van der Waals surface area (Å²) in [6.07, 6.45) is 1.57. The van der Waals surface area contributed by atoms with Gasteiger partial charge in [-0.3, -0.25) is 4.98 Å². The molecule has 0 N–H and O–H groups in total. The van der Waals surface area contributed by atoms with E-state index in [9.17, 15) is 0 Å². The fourth-order valence-corrected chi connectivity index (χ4v) is 3.24. The van der Waals surface area contributed by atoms with Crippen LogP contribution in [0, 0.1) is 0 Å². The lowest BCUT2D eigenvalue weighted by atomic mass is 10.1. The molecule has 0 saturated heterocycles. The molecule has 0 unspecified atom stereocenters. The summed E-state index contributed by atoms with van der Waals surface area (Å²) in [6, 6.07) is 13.4. The Morgan fingerprint density at radius 3 is 2.86 bits per heavy atom. The SMILES string of the molecule is CCOc1ccc([C@H]2Cn3nnc(-c4nc(-c5ccccn5)no4)c3CO2)cc1. The number of rotatable bonds is 5. The highest BCUT2D eigenvalue weighted by Gasteiger charge is 2.28. The summed E-state index contributed by atoms with van der Waals surface area (Å²) in [4.78, 5) is 8.64. The first-order chi connectivity index (χ1) is 14.3. The third-order valence-corrected chi connectivity index (χ3v) is 4.68. The topological polar surface area (TPSA) is 101 Å². The van der Waals surface area contributed by atoms with E-state index in [1.807, 2.05) is 54.1 Å². The highest BCUT2D eigenvalue weighted by molar-refractivity contribution is 5.55. The van der Waals surface area contributed by atoms with Gasteiger partial charge in [0.2, 0.25) is 5.82 Å². The Bertz CT molecular complexity index is 1110. The zero-order valence-corrected chi connectivity index (χ0v) is 15.7. The summed E-state index contributed by atoms with van der Waals surface area (Å²) in [7, 11) is 0. The van der Waals surface area contributed by atoms with Crippen molar-refractivity contribution in [2.45, 2.75) is 26.2 Å². The maximum Gasteiger partial charge on any atom is 0.280 e. The Balaban J connectivity index is 1.36. The molecule has 4 heterocycles. The van der Waals surface area contributed by atoms with Crippen LogP contribution in [-0.4, -0.2) is 36.7 Å². The number of hydrogen-bond acceptors (Lipinski definition) is 8. The molecule has 0 fully saturated rings. The van der Waals surface area contributed by atoms with Crippen LogP contribution < -0.4 is 4.74 Å². The van der Waals surface area contributed by atoms with Gasteiger partial charge in [0.05, 0.1) is 25.5 Å². The molecule has 0 saturated carbocycles. The van der Waals surface area contributed by atoms with E-state index in [-0.39, 0.29) is 6.10 Å². The van der Waals surface area contributed by atoms with Crippen LogP contribution in [-0.2, 0) is 17.9 Å². The van der Waals surface area contributed by atoms with Crippen LogP contribution in [0.4, 0.5) is 0 Å². The molecule has 0 spiro atoms. The maximum atomic E-state index is 6.06. The average molecular weight is 390 g/mol. The molecule has 0 amide bonds. The monoisotopic (exact) mass is 390 g/mol. The lowest BCUT2D eigenvalue weighted by Crippen LogP contribution is -2.22. The Kier molecular flexibility index (Phi) is 4.49. The molecule has 9 heteroatoms. The van der Waals surface area contributed by atoms with E-state index in [4.69, 9.17) is 14.0 Å². The van der Waals surface area contributed by atoms with Crippen molar-refractivity contribution < 1.29 is 14.0 Å². The van der Waals surface area contributed by atoms with Crippen molar-refractivity contribution in [1.29, 1.82) is 0 Å². The predicted molar refractivity (Wildman–Crippen MR) is 102 cm³/mol. The normalized spacial score (nSPS) is 15.8. The highest BCUT2D eigenvalue weighted by atomic mass is 16.5. The van der Waals surface area contributed by atoms with E-state index < -0.39 is 0 Å². The van der Waals surface area contributed by atoms with Gasteiger partial charge in [0.15, 0.2) is 5.69 Å². The quantitative estimate of drug-likeness (QED) is 0.512. The number of pyridine rings is 1. The number of nitrogens with zero attached hydrogens (tertiary/aromatic N) is 6. The van der Waals surface area contributed by atoms with E-state index >= 15 is 0 Å². The lowest BCUT2D eigenvalue weighted by molar-refractivity contribution is -0.00119. The molecule has 0 bridgehead atoms. The van der Waals surface area contributed by atoms with E-state index in [0.29, 0.717) is 42.9 Å². The molecule has 0 aliphatic carbocycles. The van der Waals surface area contributed by atoms with Crippen molar-refractivity contribution in [2.24, 2.45) is 0 Å². The van der Waals surface area contributed by atoms with Gasteiger partial charge in [-0.1, -0.05) is 28.6 Å². The van der Waals surface area contributed by atoms with Crippen molar-refractivity contribution in [3.05, 3.63) is 59.9 Å². The Labute approximate surface area is 166 Å². The van der Waals surface area contributed by atoms with E-state index in [2.05, 4.69) is 25.4 Å². The summed E-state index contributed by atoms with van der Waals surface area (Å²) < 4.78 is 18.8. The largest absolute Gasteiger partial charge is 0.494 e. The summed E-state index contributed by atoms with van der Waals surface area (Å²) in [5, 5.41) is 12.5. The van der Waals surface area contributed by atoms with Crippen LogP contribution in [0.2, 0.25) is 0 Å². The number of fused-ring (bicyclic) bond motifs is 1. The predicted octanol–water partition coefficient (Wildman–Crippen LogP) is 3.06. The van der Waals surface area contributed by atoms with Crippen LogP contribution in [0.1, 0.15) is 24.3 Å². The van der Waals surface area contributed by atoms with Gasteiger partial charge in [-0.25, -0.2) is 4.68 Å². The second-order valence-corrected chi connectivity index (χ2v) is 6.51. The zero-order valence-electron chi connectivity index (χ0n) is 15.7. The smallest absolute Gasteiger partial charge is 0.280 e. The van der Waals surface area contributed by atoms with E-state index in [1.165, 1.54) is 0 Å². The molecule has 1 aliphatic rings. The Morgan fingerprint density at radius 1 is 1.17 bits per heavy atom. The summed E-state index contributed by atoms with van der Waals surface area (Å²) >= 11 is 0. The third kappa shape index (κ3) is 3.36. The van der Waals surface area contributed by atoms with Gasteiger partial charge in [-0.2, -0.15) is 4.98 Å². The number of benzene rings is 1. The van der Waals surface area contributed by atoms with Crippen molar-refractivity contribution in [3.63, 3.8) is 0 Å². The van der Waals surface area contributed by atoms with E-state index in [1.54, 1.807) is 6.20 Å². The summed E-state index contributed by atoms with van der Waals surface area (Å²) in [5.41, 5.74) is 3.04. The van der Waals surface area contributed by atoms with Crippen LogP contribution in [0.15, 0.2) is 53.2 Å². The average Bonchev–Trinajstić information content (AvgIpc) is 3.42. The molecule has 146 valence electrons. The molecular formula is C20H18N6O3. The second-order valence-electron chi connectivity index (χ2n) is 6.51. The van der Waals surface area contributed by atoms with Crippen LogP contribution in [0.3, 0.4) is 0 Å². The fraction of sp³-hybridized carbons (Fsp3) is 0.250. The summed E-state index contributed by atoms with van der Waals surface area (Å²) in [6.45, 7) is 3.51. The van der Waals surface area contributed by atoms with E-state index in [0.717, 1.165) is 17.0 Å². The van der Waals surface area contributed by atoms with Crippen LogP contribution in [0.5, 0.6) is 5.75 Å². The first-order valence-corrected chi connectivity index (χ1v) is 9.34. The van der Waals surface area contributed by atoms with Crippen molar-refractivity contribution in [3.8, 4) is 28.9 Å². The fourth-order valence-electron chi connectivity index (χ4n) is 3.24. The standard InChI is InChI=1S/C20H18N6O3/c1-2-27-14-8-6-13(7-9-14)17-11-26-16(12-28-17)18(23-25-26)20-22-19(24-29-20)15-5-3-4-10-21-15/h3-10,17H,2,11-12H2,1H3/t17-/m1/s1. The molecule has 1 aliphatic heterocycles. The minimum Gasteiger partial charge on any atom is -0.494 e. The van der Waals surface area contributed by atoms with Gasteiger partial charge in [-0.15, -0.1) is 5.10 Å². The first kappa shape index (κ1) is 17.5. The van der Waals surface area contributed by atoms with Crippen molar-refractivity contribution >= 4 is 0 Å². The molecule has 1 aromatic carbocycles. The molecule has 29 heavy (non-hydrogen) atoms. The van der Waals surface area contributed by atoms with Gasteiger partial charge in [-0.05, 0) is 36.8 Å². The maximum absolute atomic E-state index is 6.06. The van der Waals surface area contributed by atoms with Gasteiger partial charge in [0, 0.05) is 6.20 Å². The Hall–Kier alpha value is -3.59. The number of aromatic nitrogens is 6. The third-order valence-electron chi connectivity index (χ3n) is 4.68. The molecule has 4 aromatic rings. The molecule has 9 nitrogen and oxygen atoms in total. The Morgan fingerprint density at radius 2 is 2.07 bits per heavy atom. The van der Waals surface area contributed by atoms with Crippen LogP contribution >= 0.6 is 0 Å². The molecule has 0 radical (unpaired) electrons. The molecule has 1 atom stereocenters.